The molecule has 0 saturated heterocycles. The molecule has 0 radical (unpaired) electrons. The van der Waals surface area contributed by atoms with E-state index in [1.54, 1.807) is 0 Å². The van der Waals surface area contributed by atoms with E-state index in [2.05, 4.69) is 47.6 Å². The Labute approximate surface area is 94.1 Å². The maximum atomic E-state index is 6.03. The Balaban J connectivity index is 2.75. The first kappa shape index (κ1) is 11.5. The van der Waals surface area contributed by atoms with Crippen LogP contribution in [0.4, 0.5) is 0 Å². The number of rotatable bonds is 4. The third-order valence-corrected chi connectivity index (χ3v) is 3.16. The molecule has 1 atom stereocenters. The molecule has 0 aliphatic rings. The first-order chi connectivity index (χ1) is 6.65. The van der Waals surface area contributed by atoms with E-state index in [4.69, 9.17) is 5.73 Å². The minimum absolute atomic E-state index is 0.116. The second kappa shape index (κ2) is 5.32. The van der Waals surface area contributed by atoms with Crippen molar-refractivity contribution in [2.75, 3.05) is 0 Å². The van der Waals surface area contributed by atoms with Crippen LogP contribution < -0.4 is 5.73 Å². The largest absolute Gasteiger partial charge is 0.324 e. The fourth-order valence-corrected chi connectivity index (χ4v) is 1.70. The fraction of sp³-hybridized carbons (Fsp3) is 0.333. The molecular formula is C12H16BrN. The molecule has 2 N–H and O–H groups in total. The lowest BCUT2D eigenvalue weighted by Gasteiger charge is -2.11. The van der Waals surface area contributed by atoms with Crippen LogP contribution in [0.2, 0.25) is 0 Å². The van der Waals surface area contributed by atoms with Gasteiger partial charge in [-0.15, -0.1) is 6.58 Å². The smallest absolute Gasteiger partial charge is 0.0298 e. The molecule has 14 heavy (non-hydrogen) atoms. The lowest BCUT2D eigenvalue weighted by molar-refractivity contribution is 0.661. The van der Waals surface area contributed by atoms with Crippen molar-refractivity contribution in [2.24, 2.45) is 5.73 Å². The molecule has 0 amide bonds. The summed E-state index contributed by atoms with van der Waals surface area (Å²) in [5.74, 6) is 0. The molecular weight excluding hydrogens is 238 g/mol. The molecule has 0 spiro atoms. The predicted octanol–water partition coefficient (Wildman–Crippen LogP) is 3.72. The van der Waals surface area contributed by atoms with Crippen LogP contribution in [0, 0.1) is 6.92 Å². The number of nitrogens with two attached hydrogens (primary N) is 1. The summed E-state index contributed by atoms with van der Waals surface area (Å²) in [4.78, 5) is 0. The summed E-state index contributed by atoms with van der Waals surface area (Å²) in [6.07, 6.45) is 3.83. The molecule has 1 nitrogen and oxygen atoms in total. The Bertz CT molecular complexity index is 320. The van der Waals surface area contributed by atoms with Crippen molar-refractivity contribution in [3.63, 3.8) is 0 Å². The Hall–Kier alpha value is -0.600. The highest BCUT2D eigenvalue weighted by atomic mass is 79.9. The SMILES string of the molecule is C=CCCC(N)c1ccc(C)c(Br)c1. The van der Waals surface area contributed by atoms with Crippen LogP contribution in [0.3, 0.4) is 0 Å². The molecule has 0 aliphatic carbocycles. The zero-order valence-electron chi connectivity index (χ0n) is 8.46. The summed E-state index contributed by atoms with van der Waals surface area (Å²) < 4.78 is 1.13. The van der Waals surface area contributed by atoms with E-state index in [0.717, 1.165) is 17.3 Å². The molecule has 0 fully saturated rings. The number of aryl methyl sites for hydroxylation is 1. The predicted molar refractivity (Wildman–Crippen MR) is 65.2 cm³/mol. The van der Waals surface area contributed by atoms with Crippen molar-refractivity contribution in [1.82, 2.24) is 0 Å². The first-order valence-electron chi connectivity index (χ1n) is 4.77. The van der Waals surface area contributed by atoms with Crippen LogP contribution in [0.1, 0.15) is 30.0 Å². The molecule has 1 aromatic carbocycles. The summed E-state index contributed by atoms with van der Waals surface area (Å²) in [5, 5.41) is 0. The highest BCUT2D eigenvalue weighted by Gasteiger charge is 2.05. The number of halogens is 1. The van der Waals surface area contributed by atoms with E-state index in [1.807, 2.05) is 6.08 Å². The van der Waals surface area contributed by atoms with Gasteiger partial charge < -0.3 is 5.73 Å². The van der Waals surface area contributed by atoms with E-state index < -0.39 is 0 Å². The van der Waals surface area contributed by atoms with E-state index in [0.29, 0.717) is 0 Å². The third kappa shape index (κ3) is 2.96. The van der Waals surface area contributed by atoms with Gasteiger partial charge in [-0.25, -0.2) is 0 Å². The number of allylic oxidation sites excluding steroid dienone is 1. The van der Waals surface area contributed by atoms with Gasteiger partial charge in [0.2, 0.25) is 0 Å². The van der Waals surface area contributed by atoms with Crippen LogP contribution in [0.15, 0.2) is 35.3 Å². The standard InChI is InChI=1S/C12H16BrN/c1-3-4-5-12(14)10-7-6-9(2)11(13)8-10/h3,6-8,12H,1,4-5,14H2,2H3. The van der Waals surface area contributed by atoms with Gasteiger partial charge in [0, 0.05) is 10.5 Å². The minimum atomic E-state index is 0.116. The van der Waals surface area contributed by atoms with Gasteiger partial charge >= 0.3 is 0 Å². The molecule has 76 valence electrons. The van der Waals surface area contributed by atoms with Gasteiger partial charge in [-0.05, 0) is 37.0 Å². The van der Waals surface area contributed by atoms with Gasteiger partial charge in [0.05, 0.1) is 0 Å². The van der Waals surface area contributed by atoms with Gasteiger partial charge in [0.15, 0.2) is 0 Å². The van der Waals surface area contributed by atoms with Crippen molar-refractivity contribution in [1.29, 1.82) is 0 Å². The molecule has 1 aromatic rings. The highest BCUT2D eigenvalue weighted by Crippen LogP contribution is 2.22. The van der Waals surface area contributed by atoms with Crippen molar-refractivity contribution >= 4 is 15.9 Å². The quantitative estimate of drug-likeness (QED) is 0.814. The fourth-order valence-electron chi connectivity index (χ4n) is 1.30. The van der Waals surface area contributed by atoms with Gasteiger partial charge in [0.25, 0.3) is 0 Å². The van der Waals surface area contributed by atoms with E-state index in [-0.39, 0.29) is 6.04 Å². The topological polar surface area (TPSA) is 26.0 Å². The van der Waals surface area contributed by atoms with Gasteiger partial charge in [-0.3, -0.25) is 0 Å². The molecule has 2 heteroatoms. The Morgan fingerprint density at radius 3 is 2.86 bits per heavy atom. The summed E-state index contributed by atoms with van der Waals surface area (Å²) >= 11 is 3.51. The van der Waals surface area contributed by atoms with Crippen LogP contribution in [-0.2, 0) is 0 Å². The monoisotopic (exact) mass is 253 g/mol. The molecule has 0 saturated carbocycles. The van der Waals surface area contributed by atoms with Crippen molar-refractivity contribution in [2.45, 2.75) is 25.8 Å². The number of hydrogen-bond acceptors (Lipinski definition) is 1. The summed E-state index contributed by atoms with van der Waals surface area (Å²) in [5.41, 5.74) is 8.46. The second-order valence-corrected chi connectivity index (χ2v) is 4.34. The zero-order valence-corrected chi connectivity index (χ0v) is 10.0. The van der Waals surface area contributed by atoms with Crippen molar-refractivity contribution in [3.05, 3.63) is 46.5 Å². The summed E-state index contributed by atoms with van der Waals surface area (Å²) in [6, 6.07) is 6.40. The average Bonchev–Trinajstić information content (AvgIpc) is 2.18. The summed E-state index contributed by atoms with van der Waals surface area (Å²) in [7, 11) is 0. The maximum Gasteiger partial charge on any atom is 0.0298 e. The summed E-state index contributed by atoms with van der Waals surface area (Å²) in [6.45, 7) is 5.77. The maximum absolute atomic E-state index is 6.03. The first-order valence-corrected chi connectivity index (χ1v) is 5.57. The minimum Gasteiger partial charge on any atom is -0.324 e. The van der Waals surface area contributed by atoms with E-state index in [1.165, 1.54) is 11.1 Å². The highest BCUT2D eigenvalue weighted by molar-refractivity contribution is 9.10. The number of hydrogen-bond donors (Lipinski definition) is 1. The van der Waals surface area contributed by atoms with Crippen molar-refractivity contribution in [3.8, 4) is 0 Å². The number of benzene rings is 1. The lowest BCUT2D eigenvalue weighted by atomic mass is 10.0. The Kier molecular flexibility index (Phi) is 4.36. The van der Waals surface area contributed by atoms with Crippen LogP contribution in [-0.4, -0.2) is 0 Å². The van der Waals surface area contributed by atoms with E-state index >= 15 is 0 Å². The van der Waals surface area contributed by atoms with Crippen LogP contribution in [0.5, 0.6) is 0 Å². The molecule has 0 aromatic heterocycles. The van der Waals surface area contributed by atoms with E-state index in [9.17, 15) is 0 Å². The normalized spacial score (nSPS) is 12.5. The molecule has 0 aliphatic heterocycles. The molecule has 0 bridgehead atoms. The van der Waals surface area contributed by atoms with Gasteiger partial charge in [0.1, 0.15) is 0 Å². The van der Waals surface area contributed by atoms with Crippen molar-refractivity contribution < 1.29 is 0 Å². The molecule has 0 heterocycles. The average molecular weight is 254 g/mol. The molecule has 1 unspecified atom stereocenters. The Morgan fingerprint density at radius 2 is 2.29 bits per heavy atom. The lowest BCUT2D eigenvalue weighted by Crippen LogP contribution is -2.09. The van der Waals surface area contributed by atoms with Gasteiger partial charge in [-0.1, -0.05) is 34.1 Å². The van der Waals surface area contributed by atoms with Crippen LogP contribution >= 0.6 is 15.9 Å². The van der Waals surface area contributed by atoms with Gasteiger partial charge in [-0.2, -0.15) is 0 Å². The zero-order chi connectivity index (χ0) is 10.6. The Morgan fingerprint density at radius 1 is 1.57 bits per heavy atom. The second-order valence-electron chi connectivity index (χ2n) is 3.48. The molecule has 1 rings (SSSR count). The van der Waals surface area contributed by atoms with Crippen LogP contribution in [0.25, 0.3) is 0 Å². The third-order valence-electron chi connectivity index (χ3n) is 2.31.